The number of piperidine rings is 1. The highest BCUT2D eigenvalue weighted by molar-refractivity contribution is 7.90. The molecule has 1 N–H and O–H groups in total. The van der Waals surface area contributed by atoms with E-state index >= 15 is 0 Å². The fraction of sp³-hybridized carbons (Fsp3) is 0.440. The Balaban J connectivity index is 1.69. The van der Waals surface area contributed by atoms with Gasteiger partial charge < -0.3 is 10.2 Å². The Morgan fingerprint density at radius 3 is 2.33 bits per heavy atom. The van der Waals surface area contributed by atoms with Gasteiger partial charge in [0, 0.05) is 29.9 Å². The van der Waals surface area contributed by atoms with Crippen molar-refractivity contribution in [2.75, 3.05) is 19.3 Å². The van der Waals surface area contributed by atoms with E-state index < -0.39 is 21.8 Å². The summed E-state index contributed by atoms with van der Waals surface area (Å²) in [7, 11) is -3.43. The van der Waals surface area contributed by atoms with Gasteiger partial charge in [0.2, 0.25) is 5.91 Å². The average Bonchev–Trinajstić information content (AvgIpc) is 2.81. The summed E-state index contributed by atoms with van der Waals surface area (Å²) < 4.78 is 23.7. The number of likely N-dealkylation sites (tertiary alicyclic amines) is 1. The second-order valence-corrected chi connectivity index (χ2v) is 11.2. The van der Waals surface area contributed by atoms with Gasteiger partial charge in [0.15, 0.2) is 9.84 Å². The first-order chi connectivity index (χ1) is 15.6. The molecule has 1 aliphatic heterocycles. The number of carbonyl (C=O) groups is 2. The lowest BCUT2D eigenvalue weighted by Crippen LogP contribution is -2.53. The first kappa shape index (κ1) is 25.2. The maximum atomic E-state index is 13.4. The summed E-state index contributed by atoms with van der Waals surface area (Å²) in [5.74, 6) is -0.225. The SMILES string of the molecule is CC[C@H](C)[C@@H](NC(=O)c1cccc(S(C)(=O)=O)c1)C(=O)N1CCC(c2ccc(Cl)cc2)CC1. The number of hydrogen-bond donors (Lipinski definition) is 1. The number of amides is 2. The van der Waals surface area contributed by atoms with Crippen molar-refractivity contribution in [3.63, 3.8) is 0 Å². The molecule has 3 rings (SSSR count). The van der Waals surface area contributed by atoms with Crippen molar-refractivity contribution in [2.24, 2.45) is 5.92 Å². The van der Waals surface area contributed by atoms with Crippen LogP contribution in [0.3, 0.4) is 0 Å². The predicted octanol–water partition coefficient (Wildman–Crippen LogP) is 4.29. The molecule has 0 saturated carbocycles. The summed E-state index contributed by atoms with van der Waals surface area (Å²) in [6.45, 7) is 5.17. The van der Waals surface area contributed by atoms with E-state index in [2.05, 4.69) is 5.32 Å². The Morgan fingerprint density at radius 1 is 1.12 bits per heavy atom. The summed E-state index contributed by atoms with van der Waals surface area (Å²) in [5.41, 5.74) is 1.45. The minimum Gasteiger partial charge on any atom is -0.341 e. The van der Waals surface area contributed by atoms with Crippen LogP contribution in [0.1, 0.15) is 54.9 Å². The third kappa shape index (κ3) is 6.36. The molecule has 6 nitrogen and oxygen atoms in total. The Bertz CT molecular complexity index is 1090. The van der Waals surface area contributed by atoms with Crippen LogP contribution in [0.2, 0.25) is 5.02 Å². The van der Waals surface area contributed by atoms with Gasteiger partial charge in [-0.15, -0.1) is 0 Å². The molecule has 0 bridgehead atoms. The van der Waals surface area contributed by atoms with E-state index in [0.717, 1.165) is 25.5 Å². The Labute approximate surface area is 201 Å². The third-order valence-electron chi connectivity index (χ3n) is 6.44. The maximum absolute atomic E-state index is 13.4. The Hall–Kier alpha value is -2.38. The molecule has 2 aromatic carbocycles. The highest BCUT2D eigenvalue weighted by atomic mass is 35.5. The number of nitrogens with one attached hydrogen (secondary N) is 1. The van der Waals surface area contributed by atoms with Crippen LogP contribution >= 0.6 is 11.6 Å². The smallest absolute Gasteiger partial charge is 0.251 e. The zero-order valence-corrected chi connectivity index (χ0v) is 20.8. The van der Waals surface area contributed by atoms with Crippen molar-refractivity contribution in [3.05, 3.63) is 64.7 Å². The molecule has 1 fully saturated rings. The Morgan fingerprint density at radius 2 is 1.76 bits per heavy atom. The van der Waals surface area contributed by atoms with Crippen LogP contribution in [0.25, 0.3) is 0 Å². The van der Waals surface area contributed by atoms with Crippen LogP contribution < -0.4 is 5.32 Å². The predicted molar refractivity (Wildman–Crippen MR) is 130 cm³/mol. The van der Waals surface area contributed by atoms with Gasteiger partial charge in [0.25, 0.3) is 5.91 Å². The molecule has 1 aliphatic rings. The van der Waals surface area contributed by atoms with Crippen LogP contribution in [0, 0.1) is 5.92 Å². The highest BCUT2D eigenvalue weighted by Gasteiger charge is 2.32. The summed E-state index contributed by atoms with van der Waals surface area (Å²) in [6.07, 6.45) is 3.53. The van der Waals surface area contributed by atoms with E-state index in [1.165, 1.54) is 23.8 Å². The zero-order chi connectivity index (χ0) is 24.2. The molecule has 0 unspecified atom stereocenters. The van der Waals surface area contributed by atoms with E-state index in [1.807, 2.05) is 43.0 Å². The molecule has 0 aliphatic carbocycles. The van der Waals surface area contributed by atoms with Crippen molar-refractivity contribution in [1.82, 2.24) is 10.2 Å². The number of sulfone groups is 1. The van der Waals surface area contributed by atoms with Crippen molar-refractivity contribution >= 4 is 33.3 Å². The first-order valence-corrected chi connectivity index (χ1v) is 13.5. The first-order valence-electron chi connectivity index (χ1n) is 11.3. The number of halogens is 1. The normalized spacial score (nSPS) is 16.8. The molecule has 0 aromatic heterocycles. The molecule has 8 heteroatoms. The molecule has 1 saturated heterocycles. The van der Waals surface area contributed by atoms with Crippen LogP contribution in [0.5, 0.6) is 0 Å². The van der Waals surface area contributed by atoms with Gasteiger partial charge in [-0.1, -0.05) is 50.1 Å². The molecule has 0 radical (unpaired) electrons. The fourth-order valence-electron chi connectivity index (χ4n) is 4.14. The maximum Gasteiger partial charge on any atom is 0.251 e. The second kappa shape index (κ2) is 10.7. The summed E-state index contributed by atoms with van der Waals surface area (Å²) in [5, 5.41) is 3.58. The molecule has 2 aromatic rings. The largest absolute Gasteiger partial charge is 0.341 e. The van der Waals surface area contributed by atoms with Gasteiger partial charge in [0.1, 0.15) is 6.04 Å². The third-order valence-corrected chi connectivity index (χ3v) is 7.80. The second-order valence-electron chi connectivity index (χ2n) is 8.79. The molecular weight excluding hydrogens is 460 g/mol. The molecule has 0 spiro atoms. The molecule has 2 atom stereocenters. The molecular formula is C25H31ClN2O4S. The number of carbonyl (C=O) groups excluding carboxylic acids is 2. The molecule has 178 valence electrons. The lowest BCUT2D eigenvalue weighted by atomic mass is 9.88. The van der Waals surface area contributed by atoms with Crippen LogP contribution in [-0.4, -0.2) is 50.5 Å². The number of benzene rings is 2. The van der Waals surface area contributed by atoms with E-state index in [0.29, 0.717) is 24.0 Å². The lowest BCUT2D eigenvalue weighted by Gasteiger charge is -2.36. The molecule has 33 heavy (non-hydrogen) atoms. The van der Waals surface area contributed by atoms with Crippen LogP contribution in [-0.2, 0) is 14.6 Å². The van der Waals surface area contributed by atoms with E-state index in [1.54, 1.807) is 6.07 Å². The lowest BCUT2D eigenvalue weighted by molar-refractivity contribution is -0.135. The molecule has 1 heterocycles. The summed E-state index contributed by atoms with van der Waals surface area (Å²) in [6, 6.07) is 13.1. The minimum absolute atomic E-state index is 0.0615. The van der Waals surface area contributed by atoms with Crippen LogP contribution in [0.15, 0.2) is 53.4 Å². The van der Waals surface area contributed by atoms with Crippen LogP contribution in [0.4, 0.5) is 0 Å². The van der Waals surface area contributed by atoms with E-state index in [4.69, 9.17) is 11.6 Å². The number of hydrogen-bond acceptors (Lipinski definition) is 4. The van der Waals surface area contributed by atoms with Crippen molar-refractivity contribution < 1.29 is 18.0 Å². The van der Waals surface area contributed by atoms with Gasteiger partial charge in [0.05, 0.1) is 4.90 Å². The van der Waals surface area contributed by atoms with Gasteiger partial charge in [-0.25, -0.2) is 8.42 Å². The minimum atomic E-state index is -3.43. The highest BCUT2D eigenvalue weighted by Crippen LogP contribution is 2.29. The zero-order valence-electron chi connectivity index (χ0n) is 19.3. The fourth-order valence-corrected chi connectivity index (χ4v) is 4.93. The summed E-state index contributed by atoms with van der Waals surface area (Å²) >= 11 is 5.99. The van der Waals surface area contributed by atoms with Crippen molar-refractivity contribution in [1.29, 1.82) is 0 Å². The Kier molecular flexibility index (Phi) is 8.19. The number of nitrogens with zero attached hydrogens (tertiary/aromatic N) is 1. The van der Waals surface area contributed by atoms with E-state index in [9.17, 15) is 18.0 Å². The standard InChI is InChI=1S/C25H31ClN2O4S/c1-4-17(2)23(27-24(29)20-6-5-7-22(16-20)33(3,31)32)25(30)28-14-12-19(13-15-28)18-8-10-21(26)11-9-18/h5-11,16-17,19,23H,4,12-15H2,1-3H3,(H,27,29)/t17-,23+/m0/s1. The van der Waals surface area contributed by atoms with E-state index in [-0.39, 0.29) is 22.3 Å². The van der Waals surface area contributed by atoms with Crippen molar-refractivity contribution in [3.8, 4) is 0 Å². The summed E-state index contributed by atoms with van der Waals surface area (Å²) in [4.78, 5) is 28.2. The van der Waals surface area contributed by atoms with Crippen molar-refractivity contribution in [2.45, 2.75) is 50.0 Å². The topological polar surface area (TPSA) is 83.5 Å². The molecule has 2 amide bonds. The average molecular weight is 491 g/mol. The van der Waals surface area contributed by atoms with Gasteiger partial charge >= 0.3 is 0 Å². The van der Waals surface area contributed by atoms with Gasteiger partial charge in [-0.3, -0.25) is 9.59 Å². The van der Waals surface area contributed by atoms with Gasteiger partial charge in [-0.05, 0) is 60.6 Å². The monoisotopic (exact) mass is 490 g/mol. The van der Waals surface area contributed by atoms with Gasteiger partial charge in [-0.2, -0.15) is 0 Å². The quantitative estimate of drug-likeness (QED) is 0.627. The number of rotatable bonds is 7.